The topological polar surface area (TPSA) is 29.5 Å². The third-order valence-corrected chi connectivity index (χ3v) is 3.21. The molecule has 0 aromatic heterocycles. The maximum atomic E-state index is 13.0. The molecule has 0 aromatic carbocycles. The van der Waals surface area contributed by atoms with E-state index in [-0.39, 0.29) is 19.5 Å². The Morgan fingerprint density at radius 3 is 2.59 bits per heavy atom. The molecule has 1 heterocycles. The summed E-state index contributed by atoms with van der Waals surface area (Å²) < 4.78 is 43.6. The minimum atomic E-state index is -4.38. The van der Waals surface area contributed by atoms with E-state index < -0.39 is 29.5 Å². The number of rotatable bonds is 3. The molecule has 1 aliphatic rings. The number of amides is 1. The first-order valence-electron chi connectivity index (χ1n) is 5.22. The van der Waals surface area contributed by atoms with Gasteiger partial charge in [0.2, 0.25) is 5.91 Å². The molecule has 0 aliphatic carbocycles. The maximum Gasteiger partial charge on any atom is 0.398 e. The van der Waals surface area contributed by atoms with Crippen molar-refractivity contribution in [2.45, 2.75) is 24.9 Å². The van der Waals surface area contributed by atoms with E-state index in [4.69, 9.17) is 11.6 Å². The zero-order chi connectivity index (χ0) is 13.3. The molecule has 17 heavy (non-hydrogen) atoms. The fraction of sp³-hybridized carbons (Fsp3) is 0.900. The Balaban J connectivity index is 2.83. The summed E-state index contributed by atoms with van der Waals surface area (Å²) >= 11 is 5.59. The third kappa shape index (κ3) is 2.85. The summed E-state index contributed by atoms with van der Waals surface area (Å²) in [6, 6.07) is 0. The van der Waals surface area contributed by atoms with E-state index in [9.17, 15) is 18.0 Å². The van der Waals surface area contributed by atoms with Gasteiger partial charge in [0.25, 0.3) is 0 Å². The minimum absolute atomic E-state index is 0.0682. The Labute approximate surface area is 103 Å². The van der Waals surface area contributed by atoms with E-state index in [1.807, 2.05) is 0 Å². The van der Waals surface area contributed by atoms with Crippen molar-refractivity contribution in [3.05, 3.63) is 0 Å². The van der Waals surface area contributed by atoms with Gasteiger partial charge in [0.05, 0.1) is 6.61 Å². The first kappa shape index (κ1) is 14.6. The molecule has 0 spiro atoms. The zero-order valence-corrected chi connectivity index (χ0v) is 10.4. The van der Waals surface area contributed by atoms with Crippen LogP contribution in [-0.2, 0) is 9.53 Å². The third-order valence-electron chi connectivity index (χ3n) is 3.03. The average Bonchev–Trinajstić information content (AvgIpc) is 2.62. The number of carbonyl (C=O) groups is 1. The number of hydrogen-bond donors (Lipinski definition) is 0. The summed E-state index contributed by atoms with van der Waals surface area (Å²) in [6.07, 6.45) is -4.52. The molecule has 100 valence electrons. The number of ether oxygens (including phenoxy) is 1. The lowest BCUT2D eigenvalue weighted by Gasteiger charge is -2.31. The SMILES string of the molecule is COC[C@@]1(C(F)(F)F)CCN(C(=O)[C@@H](C)Cl)C1. The number of likely N-dealkylation sites (tertiary alicyclic amines) is 1. The highest BCUT2D eigenvalue weighted by atomic mass is 35.5. The van der Waals surface area contributed by atoms with E-state index in [2.05, 4.69) is 4.74 Å². The van der Waals surface area contributed by atoms with Gasteiger partial charge in [-0.15, -0.1) is 11.6 Å². The lowest BCUT2D eigenvalue weighted by atomic mass is 9.87. The van der Waals surface area contributed by atoms with Crippen LogP contribution < -0.4 is 0 Å². The van der Waals surface area contributed by atoms with Crippen LogP contribution in [0.4, 0.5) is 13.2 Å². The molecule has 0 aromatic rings. The van der Waals surface area contributed by atoms with E-state index in [0.717, 1.165) is 4.90 Å². The van der Waals surface area contributed by atoms with Gasteiger partial charge in [0, 0.05) is 20.2 Å². The second-order valence-electron chi connectivity index (χ2n) is 4.34. The molecule has 1 rings (SSSR count). The Morgan fingerprint density at radius 2 is 2.18 bits per heavy atom. The Kier molecular flexibility index (Phi) is 4.30. The van der Waals surface area contributed by atoms with Crippen molar-refractivity contribution in [2.24, 2.45) is 5.41 Å². The molecule has 2 atom stereocenters. The predicted octanol–water partition coefficient (Wildman–Crippen LogP) is 2.04. The van der Waals surface area contributed by atoms with Gasteiger partial charge < -0.3 is 9.64 Å². The largest absolute Gasteiger partial charge is 0.398 e. The van der Waals surface area contributed by atoms with Gasteiger partial charge in [-0.25, -0.2) is 0 Å². The van der Waals surface area contributed by atoms with Crippen LogP contribution in [0, 0.1) is 5.41 Å². The lowest BCUT2D eigenvalue weighted by molar-refractivity contribution is -0.232. The highest BCUT2D eigenvalue weighted by molar-refractivity contribution is 6.30. The summed E-state index contributed by atoms with van der Waals surface area (Å²) in [5.41, 5.74) is -1.96. The van der Waals surface area contributed by atoms with E-state index in [1.54, 1.807) is 0 Å². The minimum Gasteiger partial charge on any atom is -0.384 e. The second kappa shape index (κ2) is 5.02. The van der Waals surface area contributed by atoms with Crippen LogP contribution in [0.15, 0.2) is 0 Å². The Bertz CT molecular complexity index is 296. The highest BCUT2D eigenvalue weighted by Crippen LogP contribution is 2.45. The molecule has 1 fully saturated rings. The van der Waals surface area contributed by atoms with Gasteiger partial charge >= 0.3 is 6.18 Å². The maximum absolute atomic E-state index is 13.0. The molecule has 0 unspecified atom stereocenters. The van der Waals surface area contributed by atoms with Gasteiger partial charge in [-0.2, -0.15) is 13.2 Å². The van der Waals surface area contributed by atoms with E-state index in [0.29, 0.717) is 0 Å². The standard InChI is InChI=1S/C10H15ClF3NO2/c1-7(11)8(16)15-4-3-9(5-15,6-17-2)10(12,13)14/h7H,3-6H2,1-2H3/t7-,9-/m1/s1. The van der Waals surface area contributed by atoms with Crippen LogP contribution in [0.5, 0.6) is 0 Å². The van der Waals surface area contributed by atoms with Crippen LogP contribution in [0.1, 0.15) is 13.3 Å². The smallest absolute Gasteiger partial charge is 0.384 e. The molecule has 1 aliphatic heterocycles. The normalized spacial score (nSPS) is 27.3. The van der Waals surface area contributed by atoms with Crippen LogP contribution >= 0.6 is 11.6 Å². The number of carbonyl (C=O) groups excluding carboxylic acids is 1. The summed E-state index contributed by atoms with van der Waals surface area (Å²) in [4.78, 5) is 12.7. The number of nitrogens with zero attached hydrogens (tertiary/aromatic N) is 1. The fourth-order valence-electron chi connectivity index (χ4n) is 2.02. The molecular weight excluding hydrogens is 259 g/mol. The molecule has 1 amide bonds. The first-order valence-corrected chi connectivity index (χ1v) is 5.66. The van der Waals surface area contributed by atoms with Crippen molar-refractivity contribution in [3.8, 4) is 0 Å². The van der Waals surface area contributed by atoms with Gasteiger partial charge in [0.1, 0.15) is 10.8 Å². The van der Waals surface area contributed by atoms with Crippen LogP contribution in [0.2, 0.25) is 0 Å². The molecule has 0 radical (unpaired) electrons. The van der Waals surface area contributed by atoms with Crippen LogP contribution in [0.25, 0.3) is 0 Å². The summed E-state index contributed by atoms with van der Waals surface area (Å²) in [5, 5.41) is -0.804. The van der Waals surface area contributed by atoms with Gasteiger partial charge in [0.15, 0.2) is 0 Å². The second-order valence-corrected chi connectivity index (χ2v) is 4.99. The first-order chi connectivity index (χ1) is 7.73. The van der Waals surface area contributed by atoms with Crippen LogP contribution in [0.3, 0.4) is 0 Å². The van der Waals surface area contributed by atoms with Crippen molar-refractivity contribution in [3.63, 3.8) is 0 Å². The summed E-state index contributed by atoms with van der Waals surface area (Å²) in [7, 11) is 1.22. The van der Waals surface area contributed by atoms with Gasteiger partial charge in [-0.1, -0.05) is 0 Å². The molecule has 0 bridgehead atoms. The molecule has 7 heteroatoms. The number of alkyl halides is 4. The van der Waals surface area contributed by atoms with Crippen molar-refractivity contribution in [1.29, 1.82) is 0 Å². The molecule has 0 saturated carbocycles. The number of methoxy groups -OCH3 is 1. The Hall–Kier alpha value is -0.490. The quantitative estimate of drug-likeness (QED) is 0.737. The zero-order valence-electron chi connectivity index (χ0n) is 9.68. The summed E-state index contributed by atoms with van der Waals surface area (Å²) in [5.74, 6) is -0.464. The molecule has 0 N–H and O–H groups in total. The van der Waals surface area contributed by atoms with E-state index in [1.165, 1.54) is 14.0 Å². The summed E-state index contributed by atoms with van der Waals surface area (Å²) in [6.45, 7) is 0.712. The number of hydrogen-bond acceptors (Lipinski definition) is 2. The lowest BCUT2D eigenvalue weighted by Crippen LogP contribution is -2.45. The van der Waals surface area contributed by atoms with Crippen molar-refractivity contribution in [2.75, 3.05) is 26.8 Å². The van der Waals surface area contributed by atoms with Crippen LogP contribution in [-0.4, -0.2) is 49.2 Å². The van der Waals surface area contributed by atoms with Crippen molar-refractivity contribution in [1.82, 2.24) is 4.90 Å². The average molecular weight is 274 g/mol. The fourth-order valence-corrected chi connectivity index (χ4v) is 2.16. The molecule has 3 nitrogen and oxygen atoms in total. The van der Waals surface area contributed by atoms with Gasteiger partial charge in [-0.3, -0.25) is 4.79 Å². The van der Waals surface area contributed by atoms with Crippen molar-refractivity contribution < 1.29 is 22.7 Å². The molecule has 1 saturated heterocycles. The Morgan fingerprint density at radius 1 is 1.59 bits per heavy atom. The van der Waals surface area contributed by atoms with Gasteiger partial charge in [-0.05, 0) is 13.3 Å². The predicted molar refractivity (Wildman–Crippen MR) is 56.9 cm³/mol. The molecular formula is C10H15ClF3NO2. The number of halogens is 4. The van der Waals surface area contributed by atoms with Crippen molar-refractivity contribution >= 4 is 17.5 Å². The monoisotopic (exact) mass is 273 g/mol. The highest BCUT2D eigenvalue weighted by Gasteiger charge is 2.58. The van der Waals surface area contributed by atoms with E-state index >= 15 is 0 Å².